The average Bonchev–Trinajstić information content (AvgIpc) is 4.00. The van der Waals surface area contributed by atoms with Crippen LogP contribution in [0.25, 0.3) is 22.2 Å². The Labute approximate surface area is 348 Å². The summed E-state index contributed by atoms with van der Waals surface area (Å²) in [5.74, 6) is -1.78. The number of hydrogen-bond acceptors (Lipinski definition) is 7. The summed E-state index contributed by atoms with van der Waals surface area (Å²) in [4.78, 5) is 75.6. The van der Waals surface area contributed by atoms with Gasteiger partial charge >= 0.3 is 6.09 Å². The van der Waals surface area contributed by atoms with Gasteiger partial charge in [0.25, 0.3) is 5.91 Å². The molecule has 312 valence electrons. The van der Waals surface area contributed by atoms with Gasteiger partial charge in [-0.3, -0.25) is 24.1 Å². The standard InChI is InChI=1S/C46H50FN7O6/c1-28(2)60-46(59)51-40(29-13-7-5-8-14-29)44(57)53-25-11-17-36(53)42(55)48-32-21-19-30(20-22-32)39-38(47)34-27-33(23-24-35(34)50-39)49-43(56)37-18-12-26-54(37)45(58)41(52(3)4)31-15-9-6-10-16-31/h5-10,13-16,19-24,27-28,36-37,40-41,50H,11-12,17-18,25-26H2,1-4H3,(H,48,55)(H,49,56)(H,51,59)/t36-,37?,40+,41?/m0/s1. The molecule has 0 spiro atoms. The van der Waals surface area contributed by atoms with Gasteiger partial charge in [0.2, 0.25) is 17.7 Å². The number of H-pyrrole nitrogens is 1. The summed E-state index contributed by atoms with van der Waals surface area (Å²) in [5.41, 5.74) is 3.57. The summed E-state index contributed by atoms with van der Waals surface area (Å²) in [6, 6.07) is 26.9. The van der Waals surface area contributed by atoms with Crippen LogP contribution in [0.2, 0.25) is 0 Å². The second-order valence-electron chi connectivity index (χ2n) is 15.7. The predicted molar refractivity (Wildman–Crippen MR) is 227 cm³/mol. The van der Waals surface area contributed by atoms with Crippen molar-refractivity contribution < 1.29 is 33.1 Å². The van der Waals surface area contributed by atoms with Gasteiger partial charge in [0.1, 0.15) is 24.2 Å². The molecule has 2 saturated heterocycles. The van der Waals surface area contributed by atoms with Crippen LogP contribution >= 0.6 is 0 Å². The van der Waals surface area contributed by atoms with E-state index in [2.05, 4.69) is 20.9 Å². The Morgan fingerprint density at radius 1 is 0.733 bits per heavy atom. The maximum atomic E-state index is 16.0. The Morgan fingerprint density at radius 3 is 1.87 bits per heavy atom. The molecule has 2 aliphatic heterocycles. The van der Waals surface area contributed by atoms with Gasteiger partial charge in [-0.15, -0.1) is 0 Å². The fourth-order valence-electron chi connectivity index (χ4n) is 8.13. The van der Waals surface area contributed by atoms with E-state index in [1.165, 1.54) is 4.90 Å². The van der Waals surface area contributed by atoms with Crippen molar-refractivity contribution in [3.05, 3.63) is 120 Å². The highest BCUT2D eigenvalue weighted by Crippen LogP contribution is 2.33. The summed E-state index contributed by atoms with van der Waals surface area (Å²) in [6.07, 6.45) is 1.15. The number of nitrogens with zero attached hydrogens (tertiary/aromatic N) is 3. The van der Waals surface area contributed by atoms with E-state index in [-0.39, 0.29) is 34.9 Å². The topological polar surface area (TPSA) is 156 Å². The molecular formula is C46H50FN7O6. The Bertz CT molecular complexity index is 2350. The molecule has 60 heavy (non-hydrogen) atoms. The van der Waals surface area contributed by atoms with Crippen molar-refractivity contribution >= 4 is 52.0 Å². The van der Waals surface area contributed by atoms with E-state index in [9.17, 15) is 24.0 Å². The average molecular weight is 816 g/mol. The predicted octanol–water partition coefficient (Wildman–Crippen LogP) is 7.01. The van der Waals surface area contributed by atoms with Gasteiger partial charge in [-0.05, 0) is 95.1 Å². The van der Waals surface area contributed by atoms with E-state index in [4.69, 9.17) is 4.74 Å². The SMILES string of the molecule is CC(C)OC(=O)N[C@@H](C(=O)N1CCC[C@H]1C(=O)Nc1ccc(-c2[nH]c3ccc(NC(=O)C4CCCN4C(=O)C(c4ccccc4)N(C)C)cc3c2F)cc1)c1ccccc1. The molecule has 13 nitrogen and oxygen atoms in total. The minimum atomic E-state index is -1.04. The summed E-state index contributed by atoms with van der Waals surface area (Å²) in [5, 5.41) is 8.77. The summed E-state index contributed by atoms with van der Waals surface area (Å²) in [6.45, 7) is 4.24. The molecule has 2 unspecified atom stereocenters. The monoisotopic (exact) mass is 815 g/mol. The number of carbonyl (C=O) groups excluding carboxylic acids is 5. The summed E-state index contributed by atoms with van der Waals surface area (Å²) >= 11 is 0. The quantitative estimate of drug-likeness (QED) is 0.106. The van der Waals surface area contributed by atoms with Gasteiger partial charge in [0, 0.05) is 40.9 Å². The Morgan fingerprint density at radius 2 is 1.28 bits per heavy atom. The van der Waals surface area contributed by atoms with Crippen molar-refractivity contribution in [3.8, 4) is 11.3 Å². The lowest BCUT2D eigenvalue weighted by Crippen LogP contribution is -2.48. The molecule has 2 aliphatic rings. The number of aromatic nitrogens is 1. The van der Waals surface area contributed by atoms with Crippen LogP contribution in [0.5, 0.6) is 0 Å². The smallest absolute Gasteiger partial charge is 0.408 e. The number of rotatable bonds is 12. The van der Waals surface area contributed by atoms with E-state index < -0.39 is 42.0 Å². The van der Waals surface area contributed by atoms with Crippen molar-refractivity contribution in [2.75, 3.05) is 37.8 Å². The first kappa shape index (κ1) is 41.6. The Balaban J connectivity index is 1.01. The fraction of sp³-hybridized carbons (Fsp3) is 0.326. The van der Waals surface area contributed by atoms with Crippen LogP contribution in [-0.2, 0) is 23.9 Å². The third kappa shape index (κ3) is 9.03. The zero-order chi connectivity index (χ0) is 42.5. The van der Waals surface area contributed by atoms with Crippen LogP contribution in [0.15, 0.2) is 103 Å². The first-order valence-electron chi connectivity index (χ1n) is 20.3. The maximum absolute atomic E-state index is 16.0. The molecule has 4 atom stereocenters. The molecule has 5 amide bonds. The highest BCUT2D eigenvalue weighted by Gasteiger charge is 2.40. The number of anilines is 2. The number of amides is 5. The highest BCUT2D eigenvalue weighted by molar-refractivity contribution is 6.01. The van der Waals surface area contributed by atoms with Crippen LogP contribution < -0.4 is 16.0 Å². The zero-order valence-electron chi connectivity index (χ0n) is 34.1. The summed E-state index contributed by atoms with van der Waals surface area (Å²) in [7, 11) is 3.69. The van der Waals surface area contributed by atoms with E-state index >= 15 is 4.39 Å². The Kier molecular flexibility index (Phi) is 12.6. The number of halogens is 1. The van der Waals surface area contributed by atoms with Crippen LogP contribution in [0.1, 0.15) is 62.7 Å². The third-order valence-electron chi connectivity index (χ3n) is 11.0. The minimum Gasteiger partial charge on any atom is -0.447 e. The van der Waals surface area contributed by atoms with Gasteiger partial charge in [0.15, 0.2) is 5.82 Å². The number of fused-ring (bicyclic) bond motifs is 1. The lowest BCUT2D eigenvalue weighted by molar-refractivity contribution is -0.140. The first-order chi connectivity index (χ1) is 28.9. The zero-order valence-corrected chi connectivity index (χ0v) is 34.1. The lowest BCUT2D eigenvalue weighted by Gasteiger charge is -2.31. The van der Waals surface area contributed by atoms with Crippen molar-refractivity contribution in [3.63, 3.8) is 0 Å². The molecule has 0 bridgehead atoms. The number of aromatic amines is 1. The van der Waals surface area contributed by atoms with Crippen molar-refractivity contribution in [1.82, 2.24) is 25.0 Å². The molecular weight excluding hydrogens is 766 g/mol. The van der Waals surface area contributed by atoms with Crippen molar-refractivity contribution in [2.45, 2.75) is 69.8 Å². The number of nitrogens with one attached hydrogen (secondary N) is 4. The molecule has 5 aromatic rings. The molecule has 14 heteroatoms. The third-order valence-corrected chi connectivity index (χ3v) is 11.0. The number of ether oxygens (including phenoxy) is 1. The van der Waals surface area contributed by atoms with Crippen molar-refractivity contribution in [1.29, 1.82) is 0 Å². The van der Waals surface area contributed by atoms with Gasteiger partial charge in [-0.2, -0.15) is 0 Å². The number of hydrogen-bond donors (Lipinski definition) is 4. The van der Waals surface area contributed by atoms with Crippen LogP contribution in [0.3, 0.4) is 0 Å². The molecule has 0 radical (unpaired) electrons. The lowest BCUT2D eigenvalue weighted by atomic mass is 10.0. The Hall–Kier alpha value is -6.54. The van der Waals surface area contributed by atoms with Crippen molar-refractivity contribution in [2.24, 2.45) is 0 Å². The normalized spacial score (nSPS) is 17.4. The largest absolute Gasteiger partial charge is 0.447 e. The van der Waals surface area contributed by atoms with E-state index in [0.29, 0.717) is 66.8 Å². The first-order valence-corrected chi connectivity index (χ1v) is 20.3. The second-order valence-corrected chi connectivity index (χ2v) is 15.7. The molecule has 7 rings (SSSR count). The molecule has 0 aliphatic carbocycles. The maximum Gasteiger partial charge on any atom is 0.408 e. The number of likely N-dealkylation sites (N-methyl/N-ethyl adjacent to an activating group) is 1. The molecule has 3 heterocycles. The van der Waals surface area contributed by atoms with E-state index in [0.717, 1.165) is 5.56 Å². The summed E-state index contributed by atoms with van der Waals surface area (Å²) < 4.78 is 21.3. The number of alkyl carbamates (subject to hydrolysis) is 1. The molecule has 4 aromatic carbocycles. The molecule has 0 saturated carbocycles. The van der Waals surface area contributed by atoms with Gasteiger partial charge in [-0.1, -0.05) is 72.8 Å². The van der Waals surface area contributed by atoms with Gasteiger partial charge in [-0.25, -0.2) is 9.18 Å². The minimum absolute atomic E-state index is 0.145. The number of benzene rings is 4. The van der Waals surface area contributed by atoms with E-state index in [1.54, 1.807) is 85.5 Å². The second kappa shape index (κ2) is 18.2. The molecule has 4 N–H and O–H groups in total. The van der Waals surface area contributed by atoms with Gasteiger partial charge in [0.05, 0.1) is 11.8 Å². The number of likely N-dealkylation sites (tertiary alicyclic amines) is 2. The van der Waals surface area contributed by atoms with Gasteiger partial charge < -0.3 is 35.5 Å². The number of carbonyl (C=O) groups is 5. The highest BCUT2D eigenvalue weighted by atomic mass is 19.1. The molecule has 2 fully saturated rings. The van der Waals surface area contributed by atoms with Crippen LogP contribution in [0.4, 0.5) is 20.6 Å². The van der Waals surface area contributed by atoms with Crippen LogP contribution in [0, 0.1) is 5.82 Å². The van der Waals surface area contributed by atoms with E-state index in [1.807, 2.05) is 55.4 Å². The fourth-order valence-corrected chi connectivity index (χ4v) is 8.13. The van der Waals surface area contributed by atoms with Crippen LogP contribution in [-0.4, -0.2) is 94.8 Å². The molecule has 1 aromatic heterocycles.